The van der Waals surface area contributed by atoms with E-state index in [1.165, 1.54) is 18.1 Å². The molecule has 0 atom stereocenters. The van der Waals surface area contributed by atoms with Crippen LogP contribution in [0.3, 0.4) is 0 Å². The molecule has 0 aromatic carbocycles. The lowest BCUT2D eigenvalue weighted by molar-refractivity contribution is 0.344. The largest absolute Gasteiger partial charge is 0.468 e. The Morgan fingerprint density at radius 2 is 2.22 bits per heavy atom. The molecule has 2 aromatic rings. The summed E-state index contributed by atoms with van der Waals surface area (Å²) in [5.41, 5.74) is 3.42. The Bertz CT molecular complexity index is 604. The second-order valence-electron chi connectivity index (χ2n) is 3.99. The molecule has 0 spiro atoms. The third kappa shape index (κ3) is 2.59. The Morgan fingerprint density at radius 1 is 1.44 bits per heavy atom. The molecule has 0 aliphatic heterocycles. The highest BCUT2D eigenvalue weighted by atomic mass is 32.1. The molecular weight excluding hydrogens is 250 g/mol. The summed E-state index contributed by atoms with van der Waals surface area (Å²) in [6.07, 6.45) is 0.761. The predicted molar refractivity (Wildman–Crippen MR) is 70.3 cm³/mol. The minimum Gasteiger partial charge on any atom is -0.468 e. The van der Waals surface area contributed by atoms with Gasteiger partial charge in [0.05, 0.1) is 18.3 Å². The fourth-order valence-electron chi connectivity index (χ4n) is 1.74. The Hall–Kier alpha value is -1.69. The maximum Gasteiger partial charge on any atom is 0.299 e. The highest BCUT2D eigenvalue weighted by molar-refractivity contribution is 7.09. The summed E-state index contributed by atoms with van der Waals surface area (Å²) >= 11 is 1.60. The normalized spacial score (nSPS) is 10.6. The third-order valence-corrected chi connectivity index (χ3v) is 3.69. The van der Waals surface area contributed by atoms with Crippen molar-refractivity contribution >= 4 is 11.3 Å². The first-order chi connectivity index (χ1) is 8.61. The fourth-order valence-corrected chi connectivity index (χ4v) is 2.51. The Morgan fingerprint density at radius 3 is 2.83 bits per heavy atom. The van der Waals surface area contributed by atoms with E-state index in [1.807, 2.05) is 12.4 Å². The van der Waals surface area contributed by atoms with Crippen molar-refractivity contribution in [3.63, 3.8) is 0 Å². The second kappa shape index (κ2) is 5.30. The van der Waals surface area contributed by atoms with Gasteiger partial charge in [-0.05, 0) is 13.8 Å². The molecule has 0 amide bonds. The lowest BCUT2D eigenvalue weighted by Gasteiger charge is -2.10. The van der Waals surface area contributed by atoms with E-state index in [2.05, 4.69) is 9.97 Å². The summed E-state index contributed by atoms with van der Waals surface area (Å²) in [7, 11) is 1.52. The van der Waals surface area contributed by atoms with E-state index in [0.717, 1.165) is 12.1 Å². The number of aromatic nitrogens is 3. The maximum atomic E-state index is 11.9. The van der Waals surface area contributed by atoms with E-state index in [4.69, 9.17) is 4.74 Å². The van der Waals surface area contributed by atoms with E-state index < -0.39 is 0 Å². The zero-order valence-corrected chi connectivity index (χ0v) is 11.5. The van der Waals surface area contributed by atoms with Crippen LogP contribution in [0.5, 0.6) is 6.01 Å². The highest BCUT2D eigenvalue weighted by Crippen LogP contribution is 2.14. The summed E-state index contributed by atoms with van der Waals surface area (Å²) in [4.78, 5) is 21.5. The molecule has 2 aromatic heterocycles. The molecule has 96 valence electrons. The van der Waals surface area contributed by atoms with E-state index in [0.29, 0.717) is 18.2 Å². The average Bonchev–Trinajstić information content (AvgIpc) is 2.73. The van der Waals surface area contributed by atoms with Gasteiger partial charge in [-0.1, -0.05) is 0 Å². The maximum absolute atomic E-state index is 11.9. The average molecular weight is 265 g/mol. The van der Waals surface area contributed by atoms with Crippen LogP contribution in [0.2, 0.25) is 0 Å². The monoisotopic (exact) mass is 265 g/mol. The molecule has 0 unspecified atom stereocenters. The quantitative estimate of drug-likeness (QED) is 0.842. The van der Waals surface area contributed by atoms with Crippen molar-refractivity contribution in [2.75, 3.05) is 7.11 Å². The molecule has 0 fully saturated rings. The van der Waals surface area contributed by atoms with Crippen LogP contribution in [0.15, 0.2) is 16.4 Å². The van der Waals surface area contributed by atoms with Crippen molar-refractivity contribution in [3.05, 3.63) is 38.2 Å². The first-order valence-electron chi connectivity index (χ1n) is 5.63. The van der Waals surface area contributed by atoms with Crippen molar-refractivity contribution in [2.45, 2.75) is 26.8 Å². The summed E-state index contributed by atoms with van der Waals surface area (Å²) in [6.45, 7) is 4.30. The van der Waals surface area contributed by atoms with Crippen molar-refractivity contribution in [3.8, 4) is 6.01 Å². The molecule has 6 heteroatoms. The number of nitrogens with zero attached hydrogens (tertiary/aromatic N) is 3. The Kier molecular flexibility index (Phi) is 3.76. The van der Waals surface area contributed by atoms with Crippen LogP contribution in [-0.4, -0.2) is 21.6 Å². The molecule has 0 aliphatic carbocycles. The second-order valence-corrected chi connectivity index (χ2v) is 4.92. The van der Waals surface area contributed by atoms with Gasteiger partial charge in [-0.25, -0.2) is 9.97 Å². The first-order valence-corrected chi connectivity index (χ1v) is 6.51. The number of rotatable bonds is 4. The Balaban J connectivity index is 2.24. The van der Waals surface area contributed by atoms with Gasteiger partial charge in [0, 0.05) is 29.6 Å². The van der Waals surface area contributed by atoms with Crippen LogP contribution in [0.25, 0.3) is 0 Å². The number of aryl methyl sites for hydroxylation is 3. The van der Waals surface area contributed by atoms with Crippen LogP contribution in [0, 0.1) is 13.8 Å². The van der Waals surface area contributed by atoms with E-state index in [9.17, 15) is 4.79 Å². The van der Waals surface area contributed by atoms with Gasteiger partial charge in [0.25, 0.3) is 11.6 Å². The standard InChI is InChI=1S/C12H15N3O2S/c1-8-6-11(16)15(12(14-8)17-3)5-4-10-9(2)13-7-18-10/h6-7H,4-5H2,1-3H3. The molecule has 0 saturated heterocycles. The van der Waals surface area contributed by atoms with Crippen LogP contribution >= 0.6 is 11.3 Å². The molecule has 2 rings (SSSR count). The lowest BCUT2D eigenvalue weighted by Crippen LogP contribution is -2.23. The molecule has 5 nitrogen and oxygen atoms in total. The molecular formula is C12H15N3O2S. The van der Waals surface area contributed by atoms with Crippen molar-refractivity contribution in [1.82, 2.24) is 14.5 Å². The smallest absolute Gasteiger partial charge is 0.299 e. The SMILES string of the molecule is COc1nc(C)cc(=O)n1CCc1scnc1C. The van der Waals surface area contributed by atoms with Crippen LogP contribution in [0.4, 0.5) is 0 Å². The van der Waals surface area contributed by atoms with Crippen LogP contribution in [0.1, 0.15) is 16.3 Å². The van der Waals surface area contributed by atoms with E-state index >= 15 is 0 Å². The van der Waals surface area contributed by atoms with Gasteiger partial charge < -0.3 is 4.74 Å². The third-order valence-electron chi connectivity index (χ3n) is 2.69. The summed E-state index contributed by atoms with van der Waals surface area (Å²) < 4.78 is 6.69. The topological polar surface area (TPSA) is 57.0 Å². The minimum absolute atomic E-state index is 0.0819. The van der Waals surface area contributed by atoms with Gasteiger partial charge in [-0.15, -0.1) is 11.3 Å². The van der Waals surface area contributed by atoms with Gasteiger partial charge in [0.1, 0.15) is 0 Å². The summed E-state index contributed by atoms with van der Waals surface area (Å²) in [6, 6.07) is 1.88. The Labute approximate surface area is 109 Å². The van der Waals surface area contributed by atoms with Crippen molar-refractivity contribution in [2.24, 2.45) is 0 Å². The number of hydrogen-bond donors (Lipinski definition) is 0. The molecule has 0 bridgehead atoms. The molecule has 0 N–H and O–H groups in total. The number of thiazole rings is 1. The van der Waals surface area contributed by atoms with Gasteiger partial charge in [0.15, 0.2) is 0 Å². The summed E-state index contributed by atoms with van der Waals surface area (Å²) in [5.74, 6) is 0. The number of ether oxygens (including phenoxy) is 1. The van der Waals surface area contributed by atoms with Crippen LogP contribution in [-0.2, 0) is 13.0 Å². The van der Waals surface area contributed by atoms with Gasteiger partial charge in [-0.3, -0.25) is 9.36 Å². The number of methoxy groups -OCH3 is 1. The van der Waals surface area contributed by atoms with Crippen LogP contribution < -0.4 is 10.3 Å². The zero-order chi connectivity index (χ0) is 13.1. The van der Waals surface area contributed by atoms with Gasteiger partial charge in [-0.2, -0.15) is 0 Å². The van der Waals surface area contributed by atoms with E-state index in [-0.39, 0.29) is 5.56 Å². The molecule has 0 saturated carbocycles. The lowest BCUT2D eigenvalue weighted by atomic mass is 10.3. The molecule has 0 radical (unpaired) electrons. The highest BCUT2D eigenvalue weighted by Gasteiger charge is 2.09. The number of hydrogen-bond acceptors (Lipinski definition) is 5. The minimum atomic E-state index is -0.0819. The van der Waals surface area contributed by atoms with Crippen molar-refractivity contribution in [1.29, 1.82) is 0 Å². The molecule has 2 heterocycles. The van der Waals surface area contributed by atoms with E-state index in [1.54, 1.807) is 22.8 Å². The van der Waals surface area contributed by atoms with Gasteiger partial charge in [0.2, 0.25) is 0 Å². The fraction of sp³-hybridized carbons (Fsp3) is 0.417. The predicted octanol–water partition coefficient (Wildman–Crippen LogP) is 1.57. The first kappa shape index (κ1) is 12.8. The van der Waals surface area contributed by atoms with Gasteiger partial charge >= 0.3 is 0 Å². The summed E-state index contributed by atoms with van der Waals surface area (Å²) in [5, 5.41) is 0. The zero-order valence-electron chi connectivity index (χ0n) is 10.6. The molecule has 0 aliphatic rings. The van der Waals surface area contributed by atoms with Crippen molar-refractivity contribution < 1.29 is 4.74 Å². The molecule has 18 heavy (non-hydrogen) atoms.